The number of benzene rings is 2. The van der Waals surface area contributed by atoms with E-state index in [9.17, 15) is 20.1 Å². The van der Waals surface area contributed by atoms with Crippen molar-refractivity contribution >= 4 is 18.1 Å². The molecular formula is C15H11O5-. The maximum absolute atomic E-state index is 11.5. The normalized spacial score (nSPS) is 10.8. The average molecular weight is 271 g/mol. The van der Waals surface area contributed by atoms with E-state index < -0.39 is 5.97 Å². The standard InChI is InChI=1S/C15H12O5/c16-11-4-6-13(17)10(8-11)3-1-9-2-5-14(18)12(7-9)15(19)20/h1-8,16-18H,(H,19,20)/p-1/b3-1+. The molecule has 0 aliphatic heterocycles. The number of carbonyl (C=O) groups is 1. The Hall–Kier alpha value is -2.95. The molecule has 0 spiro atoms. The molecule has 2 aromatic rings. The summed E-state index contributed by atoms with van der Waals surface area (Å²) in [5, 5.41) is 39.1. The third-order valence-electron chi connectivity index (χ3n) is 2.70. The van der Waals surface area contributed by atoms with Crippen LogP contribution in [0.2, 0.25) is 0 Å². The maximum Gasteiger partial charge on any atom is 0.339 e. The molecule has 0 aliphatic rings. The number of phenolic OH excluding ortho intramolecular Hbond substituents is 1. The van der Waals surface area contributed by atoms with Gasteiger partial charge < -0.3 is 20.4 Å². The van der Waals surface area contributed by atoms with Gasteiger partial charge in [0.15, 0.2) is 0 Å². The lowest BCUT2D eigenvalue weighted by Crippen LogP contribution is -1.96. The molecule has 2 rings (SSSR count). The highest BCUT2D eigenvalue weighted by molar-refractivity contribution is 5.92. The van der Waals surface area contributed by atoms with Gasteiger partial charge in [-0.05, 0) is 35.4 Å². The summed E-state index contributed by atoms with van der Waals surface area (Å²) in [6.45, 7) is 0. The maximum atomic E-state index is 11.5. The van der Waals surface area contributed by atoms with E-state index in [1.807, 2.05) is 0 Å². The number of hydrogen-bond donors (Lipinski definition) is 3. The highest BCUT2D eigenvalue weighted by atomic mass is 16.4. The predicted molar refractivity (Wildman–Crippen MR) is 71.5 cm³/mol. The van der Waals surface area contributed by atoms with Gasteiger partial charge in [0.05, 0.1) is 0 Å². The summed E-state index contributed by atoms with van der Waals surface area (Å²) in [7, 11) is 0. The van der Waals surface area contributed by atoms with Crippen molar-refractivity contribution in [2.24, 2.45) is 0 Å². The number of rotatable bonds is 3. The van der Waals surface area contributed by atoms with E-state index >= 15 is 0 Å². The van der Waals surface area contributed by atoms with Crippen molar-refractivity contribution in [1.82, 2.24) is 0 Å². The Morgan fingerprint density at radius 3 is 2.50 bits per heavy atom. The van der Waals surface area contributed by atoms with Crippen molar-refractivity contribution in [3.05, 3.63) is 53.1 Å². The van der Waals surface area contributed by atoms with Gasteiger partial charge in [0.1, 0.15) is 17.1 Å². The molecule has 102 valence electrons. The van der Waals surface area contributed by atoms with Gasteiger partial charge in [-0.3, -0.25) is 0 Å². The zero-order chi connectivity index (χ0) is 14.7. The number of aromatic carboxylic acids is 1. The lowest BCUT2D eigenvalue weighted by atomic mass is 10.1. The smallest absolute Gasteiger partial charge is 0.339 e. The molecule has 0 aliphatic carbocycles. The zero-order valence-corrected chi connectivity index (χ0v) is 10.3. The molecule has 0 bridgehead atoms. The first-order valence-electron chi connectivity index (χ1n) is 5.72. The van der Waals surface area contributed by atoms with E-state index in [2.05, 4.69) is 0 Å². The number of carboxylic acid groups (broad SMARTS) is 1. The van der Waals surface area contributed by atoms with Crippen LogP contribution < -0.4 is 5.11 Å². The molecule has 0 aromatic heterocycles. The Morgan fingerprint density at radius 2 is 1.80 bits per heavy atom. The first kappa shape index (κ1) is 13.5. The number of hydrogen-bond acceptors (Lipinski definition) is 4. The van der Waals surface area contributed by atoms with Crippen LogP contribution in [0.1, 0.15) is 21.5 Å². The molecule has 3 N–H and O–H groups in total. The Labute approximate surface area is 114 Å². The lowest BCUT2D eigenvalue weighted by Gasteiger charge is -2.09. The molecule has 0 saturated heterocycles. The van der Waals surface area contributed by atoms with E-state index in [4.69, 9.17) is 5.11 Å². The largest absolute Gasteiger partial charge is 0.872 e. The van der Waals surface area contributed by atoms with E-state index in [0.29, 0.717) is 5.56 Å². The molecule has 0 unspecified atom stereocenters. The van der Waals surface area contributed by atoms with Crippen LogP contribution in [0.3, 0.4) is 0 Å². The first-order valence-corrected chi connectivity index (χ1v) is 5.72. The van der Waals surface area contributed by atoms with Crippen molar-refractivity contribution in [2.75, 3.05) is 0 Å². The minimum atomic E-state index is -1.24. The molecule has 5 heteroatoms. The highest BCUT2D eigenvalue weighted by Gasteiger charge is 2.08. The molecule has 0 saturated carbocycles. The van der Waals surface area contributed by atoms with Crippen LogP contribution in [-0.4, -0.2) is 21.3 Å². The summed E-state index contributed by atoms with van der Waals surface area (Å²) in [4.78, 5) is 10.9. The second-order valence-electron chi connectivity index (χ2n) is 4.14. The van der Waals surface area contributed by atoms with Gasteiger partial charge >= 0.3 is 5.97 Å². The van der Waals surface area contributed by atoms with Gasteiger partial charge in [-0.15, -0.1) is 5.75 Å². The molecule has 0 atom stereocenters. The van der Waals surface area contributed by atoms with E-state index in [-0.39, 0.29) is 28.4 Å². The fourth-order valence-corrected chi connectivity index (χ4v) is 1.68. The van der Waals surface area contributed by atoms with Gasteiger partial charge in [-0.2, -0.15) is 0 Å². The summed E-state index contributed by atoms with van der Waals surface area (Å²) in [5.74, 6) is -1.84. The SMILES string of the molecule is O=C(O)c1cc(/C=C/c2cc(O)ccc2[O-])ccc1O. The monoisotopic (exact) mass is 271 g/mol. The van der Waals surface area contributed by atoms with E-state index in [1.165, 1.54) is 48.6 Å². The Balaban J connectivity index is 2.34. The van der Waals surface area contributed by atoms with Crippen molar-refractivity contribution in [2.45, 2.75) is 0 Å². The second kappa shape index (κ2) is 5.36. The van der Waals surface area contributed by atoms with Crippen molar-refractivity contribution in [3.63, 3.8) is 0 Å². The molecule has 0 fully saturated rings. The quantitative estimate of drug-likeness (QED) is 0.741. The van der Waals surface area contributed by atoms with Crippen molar-refractivity contribution in [1.29, 1.82) is 0 Å². The number of aromatic hydroxyl groups is 2. The summed E-state index contributed by atoms with van der Waals surface area (Å²) >= 11 is 0. The number of phenols is 2. The van der Waals surface area contributed by atoms with Gasteiger partial charge in [-0.25, -0.2) is 4.79 Å². The van der Waals surface area contributed by atoms with Gasteiger partial charge in [-0.1, -0.05) is 24.3 Å². The topological polar surface area (TPSA) is 101 Å². The summed E-state index contributed by atoms with van der Waals surface area (Å²) in [5.41, 5.74) is 0.586. The van der Waals surface area contributed by atoms with Gasteiger partial charge in [0, 0.05) is 0 Å². The molecule has 2 aromatic carbocycles. The van der Waals surface area contributed by atoms with Gasteiger partial charge in [0.25, 0.3) is 0 Å². The fourth-order valence-electron chi connectivity index (χ4n) is 1.68. The molecule has 20 heavy (non-hydrogen) atoms. The summed E-state index contributed by atoms with van der Waals surface area (Å²) < 4.78 is 0. The summed E-state index contributed by atoms with van der Waals surface area (Å²) in [6.07, 6.45) is 3.00. The van der Waals surface area contributed by atoms with Crippen LogP contribution in [0.15, 0.2) is 36.4 Å². The fraction of sp³-hybridized carbons (Fsp3) is 0. The third-order valence-corrected chi connectivity index (χ3v) is 2.70. The van der Waals surface area contributed by atoms with Gasteiger partial charge in [0.2, 0.25) is 0 Å². The Bertz CT molecular complexity index is 689. The van der Waals surface area contributed by atoms with Crippen LogP contribution in [-0.2, 0) is 0 Å². The van der Waals surface area contributed by atoms with Crippen molar-refractivity contribution in [3.8, 4) is 17.2 Å². The van der Waals surface area contributed by atoms with Crippen LogP contribution >= 0.6 is 0 Å². The molecule has 5 nitrogen and oxygen atoms in total. The predicted octanol–water partition coefficient (Wildman–Crippen LogP) is 2.04. The molecular weight excluding hydrogens is 260 g/mol. The Kier molecular flexibility index (Phi) is 3.61. The highest BCUT2D eigenvalue weighted by Crippen LogP contribution is 2.23. The molecule has 0 radical (unpaired) electrons. The minimum absolute atomic E-state index is 0.0267. The lowest BCUT2D eigenvalue weighted by molar-refractivity contribution is -0.268. The van der Waals surface area contributed by atoms with Crippen molar-refractivity contribution < 1.29 is 25.2 Å². The third kappa shape index (κ3) is 2.89. The minimum Gasteiger partial charge on any atom is -0.872 e. The van der Waals surface area contributed by atoms with Crippen LogP contribution in [0.5, 0.6) is 17.2 Å². The molecule has 0 amide bonds. The average Bonchev–Trinajstić information content (AvgIpc) is 2.41. The number of carboxylic acids is 1. The zero-order valence-electron chi connectivity index (χ0n) is 10.3. The van der Waals surface area contributed by atoms with E-state index in [0.717, 1.165) is 0 Å². The van der Waals surface area contributed by atoms with Crippen LogP contribution in [0.25, 0.3) is 12.2 Å². The Morgan fingerprint density at radius 1 is 1.05 bits per heavy atom. The van der Waals surface area contributed by atoms with E-state index in [1.54, 1.807) is 0 Å². The van der Waals surface area contributed by atoms with Crippen LogP contribution in [0, 0.1) is 0 Å². The second-order valence-corrected chi connectivity index (χ2v) is 4.14. The molecule has 0 heterocycles. The summed E-state index contributed by atoms with van der Waals surface area (Å²) in [6, 6.07) is 7.94. The first-order chi connectivity index (χ1) is 9.47. The van der Waals surface area contributed by atoms with Crippen LogP contribution in [0.4, 0.5) is 0 Å².